The van der Waals surface area contributed by atoms with E-state index in [0.717, 1.165) is 16.7 Å². The lowest BCUT2D eigenvalue weighted by Gasteiger charge is -2.49. The summed E-state index contributed by atoms with van der Waals surface area (Å²) < 4.78 is 6.06. The molecule has 1 fully saturated rings. The first-order chi connectivity index (χ1) is 20.4. The number of carbonyl (C=O) groups is 3. The van der Waals surface area contributed by atoms with Crippen molar-refractivity contribution < 1.29 is 24.2 Å². The highest BCUT2D eigenvalue weighted by atomic mass is 32.2. The van der Waals surface area contributed by atoms with Crippen LogP contribution in [-0.2, 0) is 25.5 Å². The number of β-lactam (4-membered cyclic amide) rings is 1. The number of hydrogen-bond acceptors (Lipinski definition) is 9. The average Bonchev–Trinajstić information content (AvgIpc) is 3.47. The smallest absolute Gasteiger partial charge is 0.356 e. The number of ether oxygens (including phenoxy) is 1. The Morgan fingerprint density at radius 2 is 1.76 bits per heavy atom. The van der Waals surface area contributed by atoms with Crippen molar-refractivity contribution in [1.29, 1.82) is 0 Å². The molecule has 2 aliphatic heterocycles. The molecule has 212 valence electrons. The number of esters is 1. The molecule has 0 spiro atoms. The first kappa shape index (κ1) is 27.7. The van der Waals surface area contributed by atoms with Crippen molar-refractivity contribution in [2.75, 3.05) is 5.75 Å². The quantitative estimate of drug-likeness (QED) is 0.225. The summed E-state index contributed by atoms with van der Waals surface area (Å²) in [5, 5.41) is 14.7. The number of aromatic nitrogens is 2. The number of fused-ring (bicyclic) bond motifs is 1. The predicted molar refractivity (Wildman–Crippen MR) is 159 cm³/mol. The van der Waals surface area contributed by atoms with Gasteiger partial charge in [0.05, 0.1) is 12.1 Å². The van der Waals surface area contributed by atoms with Crippen molar-refractivity contribution >= 4 is 40.9 Å². The van der Waals surface area contributed by atoms with Gasteiger partial charge in [-0.25, -0.2) is 14.8 Å². The Morgan fingerprint density at radius 1 is 1.07 bits per heavy atom. The van der Waals surface area contributed by atoms with Crippen LogP contribution in [0.4, 0.5) is 0 Å². The molecule has 0 aliphatic carbocycles. The lowest BCUT2D eigenvalue weighted by molar-refractivity contribution is -0.154. The van der Waals surface area contributed by atoms with Crippen molar-refractivity contribution in [1.82, 2.24) is 20.2 Å². The number of aromatic hydroxyl groups is 1. The van der Waals surface area contributed by atoms with Gasteiger partial charge in [0.25, 0.3) is 5.91 Å². The summed E-state index contributed by atoms with van der Waals surface area (Å²) in [4.78, 5) is 49.8. The molecule has 42 heavy (non-hydrogen) atoms. The van der Waals surface area contributed by atoms with Gasteiger partial charge < -0.3 is 15.2 Å². The molecule has 2 N–H and O–H groups in total. The largest absolute Gasteiger partial charge is 0.506 e. The van der Waals surface area contributed by atoms with Gasteiger partial charge in [0.15, 0.2) is 6.10 Å². The lowest BCUT2D eigenvalue weighted by atomic mass is 10.0. The molecule has 2 aromatic carbocycles. The molecule has 4 heterocycles. The minimum Gasteiger partial charge on any atom is -0.506 e. The maximum absolute atomic E-state index is 13.6. The van der Waals surface area contributed by atoms with Gasteiger partial charge in [0, 0.05) is 17.3 Å². The molecular weight excluding hydrogens is 572 g/mol. The van der Waals surface area contributed by atoms with Crippen LogP contribution < -0.4 is 5.32 Å². The molecule has 0 bridgehead atoms. The van der Waals surface area contributed by atoms with Crippen molar-refractivity contribution in [2.24, 2.45) is 0 Å². The SMILES string of the molecule is CC1=C(C(=O)OC(c2ccccc2)c2ccccc2)N2C(=O)C(NC(=O)Cc3csc(-c4ncccc4O)n3)C2SC1. The number of nitrogens with zero attached hydrogens (tertiary/aromatic N) is 3. The number of rotatable bonds is 8. The van der Waals surface area contributed by atoms with E-state index < -0.39 is 23.5 Å². The molecule has 0 radical (unpaired) electrons. The Labute approximate surface area is 250 Å². The number of benzene rings is 2. The van der Waals surface area contributed by atoms with Gasteiger partial charge in [0.2, 0.25) is 5.91 Å². The number of thioether (sulfide) groups is 1. The fraction of sp³-hybridized carbons (Fsp3) is 0.194. The van der Waals surface area contributed by atoms with Crippen molar-refractivity contribution in [3.8, 4) is 16.5 Å². The van der Waals surface area contributed by atoms with Crippen molar-refractivity contribution in [3.05, 3.63) is 112 Å². The Bertz CT molecular complexity index is 1640. The van der Waals surface area contributed by atoms with Crippen LogP contribution in [0.5, 0.6) is 5.75 Å². The number of hydrogen-bond donors (Lipinski definition) is 2. The molecular formula is C31H26N4O5S2. The van der Waals surface area contributed by atoms with Crippen LogP contribution in [0, 0.1) is 0 Å². The summed E-state index contributed by atoms with van der Waals surface area (Å²) >= 11 is 2.76. The van der Waals surface area contributed by atoms with Crippen LogP contribution in [0.15, 0.2) is 95.6 Å². The van der Waals surface area contributed by atoms with Gasteiger partial charge in [-0.2, -0.15) is 0 Å². The van der Waals surface area contributed by atoms with E-state index in [4.69, 9.17) is 4.74 Å². The first-order valence-corrected chi connectivity index (χ1v) is 15.2. The minimum absolute atomic E-state index is 0.00821. The zero-order chi connectivity index (χ0) is 29.2. The standard InChI is InChI=1S/C31H26N4O5S2/c1-18-16-42-30-25(34-23(37)15-21-17-41-28(33-21)24-22(36)13-8-14-32-24)29(38)35(30)26(18)31(39)40-27(19-9-4-2-5-10-19)20-11-6-3-7-12-20/h2-14,17,25,27,30,36H,15-16H2,1H3,(H,34,37). The zero-order valence-corrected chi connectivity index (χ0v) is 24.1. The summed E-state index contributed by atoms with van der Waals surface area (Å²) in [5.41, 5.74) is 3.46. The Kier molecular flexibility index (Phi) is 7.77. The third kappa shape index (κ3) is 5.40. The highest BCUT2D eigenvalue weighted by Crippen LogP contribution is 2.41. The van der Waals surface area contributed by atoms with Crippen molar-refractivity contribution in [2.45, 2.75) is 30.9 Å². The summed E-state index contributed by atoms with van der Waals surface area (Å²) in [6.45, 7) is 1.82. The van der Waals surface area contributed by atoms with Crippen molar-refractivity contribution in [3.63, 3.8) is 0 Å². The van der Waals surface area contributed by atoms with E-state index in [0.29, 0.717) is 22.1 Å². The maximum atomic E-state index is 13.6. The van der Waals surface area contributed by atoms with Crippen LogP contribution in [0.2, 0.25) is 0 Å². The monoisotopic (exact) mass is 598 g/mol. The average molecular weight is 599 g/mol. The summed E-state index contributed by atoms with van der Waals surface area (Å²) in [7, 11) is 0. The number of carbonyl (C=O) groups excluding carboxylic acids is 3. The number of nitrogens with one attached hydrogen (secondary N) is 1. The number of thiazole rings is 1. The van der Waals surface area contributed by atoms with Crippen LogP contribution in [0.3, 0.4) is 0 Å². The molecule has 9 nitrogen and oxygen atoms in total. The van der Waals surface area contributed by atoms with Gasteiger partial charge >= 0.3 is 5.97 Å². The summed E-state index contributed by atoms with van der Waals surface area (Å²) in [5.74, 6) is -0.773. The first-order valence-electron chi connectivity index (χ1n) is 13.2. The van der Waals surface area contributed by atoms with Crippen LogP contribution in [-0.4, -0.2) is 54.9 Å². The molecule has 2 unspecified atom stereocenters. The minimum atomic E-state index is -0.768. The molecule has 4 aromatic rings. The van der Waals surface area contributed by atoms with Crippen LogP contribution in [0.25, 0.3) is 10.7 Å². The van der Waals surface area contributed by atoms with E-state index in [1.165, 1.54) is 34.1 Å². The van der Waals surface area contributed by atoms with Gasteiger partial charge in [0.1, 0.15) is 33.6 Å². The van der Waals surface area contributed by atoms with E-state index in [2.05, 4.69) is 15.3 Å². The summed E-state index contributed by atoms with van der Waals surface area (Å²) in [6, 6.07) is 21.3. The molecule has 2 amide bonds. The van der Waals surface area contributed by atoms with Crippen LogP contribution >= 0.6 is 23.1 Å². The second kappa shape index (κ2) is 11.8. The van der Waals surface area contributed by atoms with E-state index in [-0.39, 0.29) is 29.7 Å². The number of pyridine rings is 1. The van der Waals surface area contributed by atoms with Crippen LogP contribution in [0.1, 0.15) is 29.8 Å². The normalized spacial score (nSPS) is 18.0. The predicted octanol–water partition coefficient (Wildman–Crippen LogP) is 4.46. The fourth-order valence-electron chi connectivity index (χ4n) is 4.96. The van der Waals surface area contributed by atoms with E-state index in [1.807, 2.05) is 67.6 Å². The lowest BCUT2D eigenvalue weighted by Crippen LogP contribution is -2.70. The Balaban J connectivity index is 1.14. The molecule has 11 heteroatoms. The van der Waals surface area contributed by atoms with E-state index in [9.17, 15) is 19.5 Å². The number of amides is 2. The van der Waals surface area contributed by atoms with Gasteiger partial charge in [-0.15, -0.1) is 23.1 Å². The zero-order valence-electron chi connectivity index (χ0n) is 22.5. The third-order valence-corrected chi connectivity index (χ3v) is 9.30. The Morgan fingerprint density at radius 3 is 2.43 bits per heavy atom. The van der Waals surface area contributed by atoms with Gasteiger partial charge in [-0.05, 0) is 35.8 Å². The topological polar surface area (TPSA) is 122 Å². The molecule has 2 aromatic heterocycles. The molecule has 0 saturated carbocycles. The molecule has 2 atom stereocenters. The van der Waals surface area contributed by atoms with E-state index in [1.54, 1.807) is 17.6 Å². The Hall–Kier alpha value is -4.48. The summed E-state index contributed by atoms with van der Waals surface area (Å²) in [6.07, 6.45) is 0.879. The van der Waals surface area contributed by atoms with Gasteiger partial charge in [-0.1, -0.05) is 60.7 Å². The van der Waals surface area contributed by atoms with E-state index >= 15 is 0 Å². The second-order valence-electron chi connectivity index (χ2n) is 9.88. The molecule has 6 rings (SSSR count). The fourth-order valence-corrected chi connectivity index (χ4v) is 7.07. The highest BCUT2D eigenvalue weighted by Gasteiger charge is 2.54. The van der Waals surface area contributed by atoms with Gasteiger partial charge in [-0.3, -0.25) is 14.5 Å². The highest BCUT2D eigenvalue weighted by molar-refractivity contribution is 8.00. The second-order valence-corrected chi connectivity index (χ2v) is 11.8. The molecule has 1 saturated heterocycles. The third-order valence-electron chi connectivity index (χ3n) is 6.98. The maximum Gasteiger partial charge on any atom is 0.356 e. The molecule has 2 aliphatic rings.